The number of nitrogens with zero attached hydrogens (tertiary/aromatic N) is 1. The van der Waals surface area contributed by atoms with Crippen LogP contribution < -0.4 is 4.90 Å². The van der Waals surface area contributed by atoms with Crippen LogP contribution in [0.4, 0.5) is 17.1 Å². The minimum atomic E-state index is 1.12. The Labute approximate surface area is 317 Å². The summed E-state index contributed by atoms with van der Waals surface area (Å²) in [5, 5.41) is 12.9. The van der Waals surface area contributed by atoms with Gasteiger partial charge in [0.15, 0.2) is 0 Å². The van der Waals surface area contributed by atoms with Crippen LogP contribution in [0.3, 0.4) is 0 Å². The maximum absolute atomic E-state index is 2.41. The fourth-order valence-corrected chi connectivity index (χ4v) is 9.66. The molecule has 0 atom stereocenters. The average Bonchev–Trinajstić information content (AvgIpc) is 3.63. The Balaban J connectivity index is 1.08. The van der Waals surface area contributed by atoms with Gasteiger partial charge in [0.2, 0.25) is 0 Å². The maximum Gasteiger partial charge on any atom is 0.0468 e. The molecule has 0 aliphatic rings. The van der Waals surface area contributed by atoms with Crippen molar-refractivity contribution < 1.29 is 0 Å². The second-order valence-electron chi connectivity index (χ2n) is 14.1. The highest BCUT2D eigenvalue weighted by atomic mass is 32.1. The minimum absolute atomic E-state index is 1.12. The minimum Gasteiger partial charge on any atom is -0.310 e. The Bertz CT molecular complexity index is 3210. The van der Waals surface area contributed by atoms with E-state index in [1.165, 1.54) is 85.5 Å². The molecule has 0 aliphatic carbocycles. The molecule has 54 heavy (non-hydrogen) atoms. The lowest BCUT2D eigenvalue weighted by atomic mass is 9.90. The van der Waals surface area contributed by atoms with E-state index in [9.17, 15) is 0 Å². The highest BCUT2D eigenvalue weighted by Crippen LogP contribution is 2.44. The first-order valence-electron chi connectivity index (χ1n) is 18.5. The predicted octanol–water partition coefficient (Wildman–Crippen LogP) is 15.5. The monoisotopic (exact) mass is 703 g/mol. The maximum atomic E-state index is 2.41. The highest BCUT2D eigenvalue weighted by molar-refractivity contribution is 7.26. The summed E-state index contributed by atoms with van der Waals surface area (Å²) in [4.78, 5) is 2.41. The topological polar surface area (TPSA) is 3.24 Å². The van der Waals surface area contributed by atoms with Crippen molar-refractivity contribution in [3.05, 3.63) is 200 Å². The van der Waals surface area contributed by atoms with Gasteiger partial charge in [0.05, 0.1) is 0 Å². The summed E-state index contributed by atoms with van der Waals surface area (Å²) in [5.41, 5.74) is 8.22. The largest absolute Gasteiger partial charge is 0.310 e. The SMILES string of the molecule is c1ccc(-c2cccc(N(c3ccc(-c4cc5ccc6ccccc6c5c5ccccc45)cc3)c3ccc4sc5c6ccccc6ccc5c4c3)c2)cc1. The van der Waals surface area contributed by atoms with Gasteiger partial charge in [-0.15, -0.1) is 11.3 Å². The first-order chi connectivity index (χ1) is 26.8. The Morgan fingerprint density at radius 1 is 0.315 bits per heavy atom. The normalized spacial score (nSPS) is 11.7. The summed E-state index contributed by atoms with van der Waals surface area (Å²) >= 11 is 1.89. The molecule has 0 bridgehead atoms. The smallest absolute Gasteiger partial charge is 0.0468 e. The molecule has 1 aromatic heterocycles. The molecule has 0 saturated heterocycles. The molecule has 11 rings (SSSR count). The van der Waals surface area contributed by atoms with Crippen LogP contribution >= 0.6 is 11.3 Å². The van der Waals surface area contributed by atoms with Crippen molar-refractivity contribution in [1.29, 1.82) is 0 Å². The van der Waals surface area contributed by atoms with Crippen molar-refractivity contribution in [2.75, 3.05) is 4.90 Å². The van der Waals surface area contributed by atoms with Gasteiger partial charge in [0, 0.05) is 37.2 Å². The average molecular weight is 704 g/mol. The Hall–Kier alpha value is -6.74. The molecule has 0 radical (unpaired) electrons. The van der Waals surface area contributed by atoms with E-state index in [4.69, 9.17) is 0 Å². The molecule has 0 fully saturated rings. The van der Waals surface area contributed by atoms with E-state index in [1.54, 1.807) is 0 Å². The zero-order valence-electron chi connectivity index (χ0n) is 29.4. The van der Waals surface area contributed by atoms with Crippen LogP contribution in [0.25, 0.3) is 85.5 Å². The van der Waals surface area contributed by atoms with Crippen LogP contribution in [-0.4, -0.2) is 0 Å². The molecule has 0 unspecified atom stereocenters. The molecule has 1 nitrogen and oxygen atoms in total. The van der Waals surface area contributed by atoms with Crippen LogP contribution in [0.2, 0.25) is 0 Å². The number of anilines is 3. The molecule has 10 aromatic carbocycles. The zero-order chi connectivity index (χ0) is 35.6. The van der Waals surface area contributed by atoms with Crippen molar-refractivity contribution in [2.45, 2.75) is 0 Å². The summed E-state index contributed by atoms with van der Waals surface area (Å²) in [6, 6.07) is 73.5. The lowest BCUT2D eigenvalue weighted by Gasteiger charge is -2.26. The third-order valence-electron chi connectivity index (χ3n) is 11.0. The molecule has 11 aromatic rings. The number of rotatable bonds is 5. The highest BCUT2D eigenvalue weighted by Gasteiger charge is 2.18. The van der Waals surface area contributed by atoms with Crippen LogP contribution in [0, 0.1) is 0 Å². The Kier molecular flexibility index (Phi) is 7.11. The van der Waals surface area contributed by atoms with E-state index in [-0.39, 0.29) is 0 Å². The second-order valence-corrected chi connectivity index (χ2v) is 15.2. The van der Waals surface area contributed by atoms with Gasteiger partial charge in [-0.25, -0.2) is 0 Å². The van der Waals surface area contributed by atoms with Crippen molar-refractivity contribution in [2.24, 2.45) is 0 Å². The Morgan fingerprint density at radius 3 is 1.78 bits per heavy atom. The van der Waals surface area contributed by atoms with E-state index in [0.29, 0.717) is 0 Å². The van der Waals surface area contributed by atoms with E-state index < -0.39 is 0 Å². The van der Waals surface area contributed by atoms with Crippen molar-refractivity contribution >= 4 is 91.7 Å². The lowest BCUT2D eigenvalue weighted by molar-refractivity contribution is 1.29. The number of fused-ring (bicyclic) bond motifs is 10. The molecule has 1 heterocycles. The summed E-state index contributed by atoms with van der Waals surface area (Å²) in [7, 11) is 0. The standard InChI is InChI=1S/C52H33NS/c1-2-11-34(12-3-1)38-15-10-16-41(31-38)53(42-28-30-50-49(33-42)47-29-25-36-14-5-7-18-44(36)52(47)54-50)40-26-23-37(24-27-40)48-32-39-22-21-35-13-4-6-17-43(35)51(39)46-20-9-8-19-45(46)48/h1-33H. The fourth-order valence-electron chi connectivity index (χ4n) is 8.44. The van der Waals surface area contributed by atoms with Gasteiger partial charge in [0.25, 0.3) is 0 Å². The molecule has 0 N–H and O–H groups in total. The lowest BCUT2D eigenvalue weighted by Crippen LogP contribution is -2.10. The number of hydrogen-bond donors (Lipinski definition) is 0. The number of benzene rings is 10. The molecule has 0 spiro atoms. The third kappa shape index (κ3) is 4.99. The predicted molar refractivity (Wildman–Crippen MR) is 235 cm³/mol. The van der Waals surface area contributed by atoms with E-state index in [2.05, 4.69) is 205 Å². The van der Waals surface area contributed by atoms with E-state index in [1.807, 2.05) is 11.3 Å². The van der Waals surface area contributed by atoms with Gasteiger partial charge >= 0.3 is 0 Å². The first-order valence-corrected chi connectivity index (χ1v) is 19.3. The van der Waals surface area contributed by atoms with E-state index in [0.717, 1.165) is 17.1 Å². The fraction of sp³-hybridized carbons (Fsp3) is 0. The summed E-state index contributed by atoms with van der Waals surface area (Å²) < 4.78 is 2.65. The molecular formula is C52H33NS. The molecular weight excluding hydrogens is 671 g/mol. The van der Waals surface area contributed by atoms with Crippen molar-refractivity contribution in [3.63, 3.8) is 0 Å². The second kappa shape index (κ2) is 12.4. The van der Waals surface area contributed by atoms with Crippen LogP contribution in [-0.2, 0) is 0 Å². The molecule has 0 aliphatic heterocycles. The van der Waals surface area contributed by atoms with Crippen molar-refractivity contribution in [1.82, 2.24) is 0 Å². The van der Waals surface area contributed by atoms with Gasteiger partial charge in [-0.3, -0.25) is 0 Å². The summed E-state index contributed by atoms with van der Waals surface area (Å²) in [6.45, 7) is 0. The van der Waals surface area contributed by atoms with Gasteiger partial charge < -0.3 is 4.90 Å². The molecule has 0 amide bonds. The quantitative estimate of drug-likeness (QED) is 0.161. The van der Waals surface area contributed by atoms with Gasteiger partial charge in [0.1, 0.15) is 0 Å². The summed E-state index contributed by atoms with van der Waals surface area (Å²) in [6.07, 6.45) is 0. The van der Waals surface area contributed by atoms with Gasteiger partial charge in [-0.2, -0.15) is 0 Å². The summed E-state index contributed by atoms with van der Waals surface area (Å²) in [5.74, 6) is 0. The van der Waals surface area contributed by atoms with Crippen LogP contribution in [0.15, 0.2) is 200 Å². The van der Waals surface area contributed by atoms with Gasteiger partial charge in [-0.1, -0.05) is 152 Å². The van der Waals surface area contributed by atoms with Crippen molar-refractivity contribution in [3.8, 4) is 22.3 Å². The number of thiophene rings is 1. The van der Waals surface area contributed by atoms with Crippen LogP contribution in [0.1, 0.15) is 0 Å². The molecule has 252 valence electrons. The Morgan fingerprint density at radius 2 is 0.944 bits per heavy atom. The third-order valence-corrected chi connectivity index (χ3v) is 12.2. The first kappa shape index (κ1) is 30.8. The zero-order valence-corrected chi connectivity index (χ0v) is 30.2. The van der Waals surface area contributed by atoms with Crippen LogP contribution in [0.5, 0.6) is 0 Å². The number of hydrogen-bond acceptors (Lipinski definition) is 2. The molecule has 0 saturated carbocycles. The molecule has 2 heteroatoms. The van der Waals surface area contributed by atoms with E-state index >= 15 is 0 Å². The van der Waals surface area contributed by atoms with Gasteiger partial charge in [-0.05, 0) is 114 Å².